The van der Waals surface area contributed by atoms with Crippen LogP contribution in [0.25, 0.3) is 0 Å². The first-order chi connectivity index (χ1) is 8.79. The van der Waals surface area contributed by atoms with Crippen molar-refractivity contribution < 1.29 is 0 Å². The number of hydrogen-bond donors (Lipinski definition) is 2. The Balaban J connectivity index is 0.00000180. The highest BCUT2D eigenvalue weighted by atomic mass is 127. The Hall–Kier alpha value is -0.0400. The van der Waals surface area contributed by atoms with Gasteiger partial charge in [-0.25, -0.2) is 0 Å². The number of nitrogens with one attached hydrogen (secondary N) is 2. The molecule has 2 aliphatic carbocycles. The van der Waals surface area contributed by atoms with Gasteiger partial charge in [0.15, 0.2) is 5.96 Å². The number of likely N-dealkylation sites (N-methyl/N-ethyl adjacent to an activating group) is 1. The van der Waals surface area contributed by atoms with Crippen molar-refractivity contribution in [2.75, 3.05) is 33.7 Å². The molecule has 0 atom stereocenters. The van der Waals surface area contributed by atoms with Crippen molar-refractivity contribution in [3.63, 3.8) is 0 Å². The molecule has 0 heterocycles. The molecule has 0 unspecified atom stereocenters. The highest BCUT2D eigenvalue weighted by Crippen LogP contribution is 2.27. The molecule has 0 aromatic carbocycles. The van der Waals surface area contributed by atoms with Gasteiger partial charge in [0.2, 0.25) is 0 Å². The van der Waals surface area contributed by atoms with Crippen LogP contribution in [0.15, 0.2) is 4.99 Å². The first-order valence-corrected chi connectivity index (χ1v) is 7.44. The van der Waals surface area contributed by atoms with E-state index in [0.717, 1.165) is 37.6 Å². The maximum Gasteiger partial charge on any atom is 0.191 e. The Labute approximate surface area is 134 Å². The molecule has 0 radical (unpaired) electrons. The summed E-state index contributed by atoms with van der Waals surface area (Å²) in [7, 11) is 4.10. The second-order valence-corrected chi connectivity index (χ2v) is 5.74. The largest absolute Gasteiger partial charge is 0.356 e. The molecular weight excluding hydrogens is 351 g/mol. The van der Waals surface area contributed by atoms with Gasteiger partial charge in [0.25, 0.3) is 0 Å². The van der Waals surface area contributed by atoms with Gasteiger partial charge in [-0.15, -0.1) is 24.0 Å². The molecule has 5 heteroatoms. The quantitative estimate of drug-likeness (QED) is 0.421. The number of halogens is 1. The summed E-state index contributed by atoms with van der Waals surface area (Å²) in [5.41, 5.74) is 0. The molecule has 2 rings (SSSR count). The molecule has 2 aliphatic rings. The van der Waals surface area contributed by atoms with Crippen LogP contribution >= 0.6 is 24.0 Å². The maximum atomic E-state index is 4.26. The molecule has 19 heavy (non-hydrogen) atoms. The second-order valence-electron chi connectivity index (χ2n) is 5.74. The first kappa shape index (κ1) is 17.0. The fourth-order valence-corrected chi connectivity index (χ4v) is 2.66. The van der Waals surface area contributed by atoms with Crippen LogP contribution in [0.5, 0.6) is 0 Å². The van der Waals surface area contributed by atoms with E-state index in [4.69, 9.17) is 0 Å². The van der Waals surface area contributed by atoms with E-state index < -0.39 is 0 Å². The van der Waals surface area contributed by atoms with Gasteiger partial charge in [0.1, 0.15) is 0 Å². The van der Waals surface area contributed by atoms with Gasteiger partial charge in [-0.05, 0) is 38.6 Å². The fourth-order valence-electron chi connectivity index (χ4n) is 2.66. The lowest BCUT2D eigenvalue weighted by molar-refractivity contribution is 0.249. The molecule has 0 saturated heterocycles. The van der Waals surface area contributed by atoms with Crippen molar-refractivity contribution in [2.45, 2.75) is 44.6 Å². The highest BCUT2D eigenvalue weighted by Gasteiger charge is 2.21. The van der Waals surface area contributed by atoms with Crippen LogP contribution in [-0.4, -0.2) is 50.6 Å². The SMILES string of the molecule is CN=C(NCCN(C)C1CCCC1)NCC1CC1.I. The van der Waals surface area contributed by atoms with Crippen LogP contribution in [-0.2, 0) is 0 Å². The van der Waals surface area contributed by atoms with E-state index in [1.165, 1.54) is 38.5 Å². The van der Waals surface area contributed by atoms with Crippen molar-refractivity contribution in [2.24, 2.45) is 10.9 Å². The lowest BCUT2D eigenvalue weighted by Gasteiger charge is -2.24. The maximum absolute atomic E-state index is 4.26. The molecule has 2 fully saturated rings. The average Bonchev–Trinajstić information content (AvgIpc) is 3.04. The van der Waals surface area contributed by atoms with Crippen LogP contribution in [0.4, 0.5) is 0 Å². The van der Waals surface area contributed by atoms with Crippen molar-refractivity contribution in [3.05, 3.63) is 0 Å². The lowest BCUT2D eigenvalue weighted by atomic mass is 10.2. The number of rotatable bonds is 6. The molecule has 0 aliphatic heterocycles. The van der Waals surface area contributed by atoms with Crippen LogP contribution in [0, 0.1) is 5.92 Å². The Morgan fingerprint density at radius 3 is 2.42 bits per heavy atom. The van der Waals surface area contributed by atoms with Crippen molar-refractivity contribution in [1.29, 1.82) is 0 Å². The first-order valence-electron chi connectivity index (χ1n) is 7.44. The van der Waals surface area contributed by atoms with Crippen LogP contribution in [0.1, 0.15) is 38.5 Å². The molecule has 0 bridgehead atoms. The summed E-state index contributed by atoms with van der Waals surface area (Å²) in [5.74, 6) is 1.85. The van der Waals surface area contributed by atoms with Crippen molar-refractivity contribution >= 4 is 29.9 Å². The summed E-state index contributed by atoms with van der Waals surface area (Å²) in [6.45, 7) is 3.17. The zero-order valence-electron chi connectivity index (χ0n) is 12.3. The topological polar surface area (TPSA) is 39.7 Å². The van der Waals surface area contributed by atoms with Gasteiger partial charge in [-0.2, -0.15) is 0 Å². The van der Waals surface area contributed by atoms with Crippen LogP contribution in [0.2, 0.25) is 0 Å². The van der Waals surface area contributed by atoms with Gasteiger partial charge < -0.3 is 15.5 Å². The van der Waals surface area contributed by atoms with Gasteiger partial charge in [-0.3, -0.25) is 4.99 Å². The highest BCUT2D eigenvalue weighted by molar-refractivity contribution is 14.0. The van der Waals surface area contributed by atoms with Crippen molar-refractivity contribution in [3.8, 4) is 0 Å². The third-order valence-electron chi connectivity index (χ3n) is 4.18. The minimum Gasteiger partial charge on any atom is -0.356 e. The normalized spacial score (nSPS) is 20.5. The second kappa shape index (κ2) is 9.00. The molecular formula is C14H29IN4. The number of hydrogen-bond acceptors (Lipinski definition) is 2. The van der Waals surface area contributed by atoms with Crippen LogP contribution in [0.3, 0.4) is 0 Å². The third kappa shape index (κ3) is 6.29. The smallest absolute Gasteiger partial charge is 0.191 e. The van der Waals surface area contributed by atoms with E-state index in [1.54, 1.807) is 0 Å². The summed E-state index contributed by atoms with van der Waals surface area (Å²) in [6, 6.07) is 0.813. The number of aliphatic imine (C=N–C) groups is 1. The van der Waals surface area contributed by atoms with Gasteiger partial charge >= 0.3 is 0 Å². The molecule has 112 valence electrons. The van der Waals surface area contributed by atoms with Gasteiger partial charge in [0.05, 0.1) is 0 Å². The third-order valence-corrected chi connectivity index (χ3v) is 4.18. The molecule has 2 N–H and O–H groups in total. The van der Waals surface area contributed by atoms with E-state index in [0.29, 0.717) is 0 Å². The predicted octanol–water partition coefficient (Wildman–Crippen LogP) is 2.05. The fraction of sp³-hybridized carbons (Fsp3) is 0.929. The van der Waals surface area contributed by atoms with Crippen molar-refractivity contribution in [1.82, 2.24) is 15.5 Å². The van der Waals surface area contributed by atoms with E-state index >= 15 is 0 Å². The molecule has 2 saturated carbocycles. The van der Waals surface area contributed by atoms with E-state index in [9.17, 15) is 0 Å². The van der Waals surface area contributed by atoms with Gasteiger partial charge in [-0.1, -0.05) is 12.8 Å². The average molecular weight is 380 g/mol. The number of guanidine groups is 1. The van der Waals surface area contributed by atoms with Gasteiger partial charge in [0, 0.05) is 32.7 Å². The summed E-state index contributed by atoms with van der Waals surface area (Å²) in [4.78, 5) is 6.75. The summed E-state index contributed by atoms with van der Waals surface area (Å²) < 4.78 is 0. The van der Waals surface area contributed by atoms with Crippen LogP contribution < -0.4 is 10.6 Å². The zero-order valence-corrected chi connectivity index (χ0v) is 14.7. The molecule has 0 spiro atoms. The van der Waals surface area contributed by atoms with E-state index in [-0.39, 0.29) is 24.0 Å². The summed E-state index contributed by atoms with van der Waals surface area (Å²) in [6.07, 6.45) is 8.35. The Morgan fingerprint density at radius 1 is 1.16 bits per heavy atom. The Kier molecular flexibility index (Phi) is 8.06. The Bertz CT molecular complexity index is 273. The number of nitrogens with zero attached hydrogens (tertiary/aromatic N) is 2. The lowest BCUT2D eigenvalue weighted by Crippen LogP contribution is -2.43. The minimum atomic E-state index is 0. The molecule has 0 aromatic heterocycles. The standard InChI is InChI=1S/C14H28N4.HI/c1-15-14(17-11-12-7-8-12)16-9-10-18(2)13-5-3-4-6-13;/h12-13H,3-11H2,1-2H3,(H2,15,16,17);1H. The molecule has 0 aromatic rings. The monoisotopic (exact) mass is 380 g/mol. The predicted molar refractivity (Wildman–Crippen MR) is 92.4 cm³/mol. The van der Waals surface area contributed by atoms with E-state index in [2.05, 4.69) is 27.6 Å². The summed E-state index contributed by atoms with van der Waals surface area (Å²) >= 11 is 0. The molecule has 4 nitrogen and oxygen atoms in total. The zero-order chi connectivity index (χ0) is 12.8. The summed E-state index contributed by atoms with van der Waals surface area (Å²) in [5, 5.41) is 6.80. The Morgan fingerprint density at radius 2 is 1.84 bits per heavy atom. The minimum absolute atomic E-state index is 0. The van der Waals surface area contributed by atoms with E-state index in [1.807, 2.05) is 7.05 Å². The molecule has 0 amide bonds.